The molecule has 0 spiro atoms. The first-order valence-electron chi connectivity index (χ1n) is 8.23. The van der Waals surface area contributed by atoms with E-state index in [-0.39, 0.29) is 28.2 Å². The van der Waals surface area contributed by atoms with E-state index in [0.717, 1.165) is 6.07 Å². The van der Waals surface area contributed by atoms with Crippen LogP contribution in [0.3, 0.4) is 0 Å². The number of ether oxygens (including phenoxy) is 1. The van der Waals surface area contributed by atoms with Crippen LogP contribution in [-0.2, 0) is 4.79 Å². The Balaban J connectivity index is 2.24. The molecule has 0 heterocycles. The molecule has 8 heteroatoms. The highest BCUT2D eigenvalue weighted by molar-refractivity contribution is 6.30. The zero-order valence-electron chi connectivity index (χ0n) is 15.2. The van der Waals surface area contributed by atoms with Crippen molar-refractivity contribution < 1.29 is 18.7 Å². The van der Waals surface area contributed by atoms with Gasteiger partial charge in [-0.25, -0.2) is 4.39 Å². The van der Waals surface area contributed by atoms with Gasteiger partial charge >= 0.3 is 0 Å². The number of hydrogen-bond donors (Lipinski definition) is 3. The average molecular weight is 394 g/mol. The van der Waals surface area contributed by atoms with E-state index in [1.54, 1.807) is 26.0 Å². The van der Waals surface area contributed by atoms with E-state index in [1.165, 1.54) is 25.3 Å². The molecule has 0 saturated heterocycles. The molecule has 0 aliphatic heterocycles. The molecular weight excluding hydrogens is 373 g/mol. The molecule has 0 fully saturated rings. The number of anilines is 2. The number of carbonyl (C=O) groups excluding carboxylic acids is 2. The van der Waals surface area contributed by atoms with E-state index in [9.17, 15) is 14.0 Å². The monoisotopic (exact) mass is 393 g/mol. The van der Waals surface area contributed by atoms with E-state index in [2.05, 4.69) is 10.6 Å². The molecule has 2 amide bonds. The first-order chi connectivity index (χ1) is 12.7. The predicted octanol–water partition coefficient (Wildman–Crippen LogP) is 3.66. The van der Waals surface area contributed by atoms with Crippen molar-refractivity contribution in [1.29, 1.82) is 0 Å². The maximum atomic E-state index is 14.0. The average Bonchev–Trinajstić information content (AvgIpc) is 2.61. The van der Waals surface area contributed by atoms with Crippen molar-refractivity contribution in [3.8, 4) is 5.75 Å². The molecule has 6 nitrogen and oxygen atoms in total. The van der Waals surface area contributed by atoms with Gasteiger partial charge in [-0.2, -0.15) is 0 Å². The summed E-state index contributed by atoms with van der Waals surface area (Å²) in [6.07, 6.45) is 0. The largest absolute Gasteiger partial charge is 0.495 e. The number of halogens is 2. The van der Waals surface area contributed by atoms with Gasteiger partial charge in [0.1, 0.15) is 11.6 Å². The van der Waals surface area contributed by atoms with Gasteiger partial charge < -0.3 is 21.1 Å². The zero-order valence-corrected chi connectivity index (χ0v) is 15.9. The Hall–Kier alpha value is -2.64. The van der Waals surface area contributed by atoms with Gasteiger partial charge in [0, 0.05) is 16.8 Å². The van der Waals surface area contributed by atoms with Gasteiger partial charge in [0.05, 0.1) is 24.3 Å². The van der Waals surface area contributed by atoms with Crippen LogP contribution >= 0.6 is 11.6 Å². The van der Waals surface area contributed by atoms with E-state index < -0.39 is 17.6 Å². The normalized spacial score (nSPS) is 12.8. The van der Waals surface area contributed by atoms with Crippen LogP contribution in [0.25, 0.3) is 0 Å². The Kier molecular flexibility index (Phi) is 6.76. The second-order valence-corrected chi connectivity index (χ2v) is 6.57. The zero-order chi connectivity index (χ0) is 20.1. The molecule has 0 saturated carbocycles. The molecule has 144 valence electrons. The summed E-state index contributed by atoms with van der Waals surface area (Å²) >= 11 is 5.71. The fourth-order valence-electron chi connectivity index (χ4n) is 2.24. The van der Waals surface area contributed by atoms with E-state index >= 15 is 0 Å². The smallest absolute Gasteiger partial charge is 0.258 e. The van der Waals surface area contributed by atoms with Crippen LogP contribution in [0, 0.1) is 11.7 Å². The topological polar surface area (TPSA) is 93.4 Å². The summed E-state index contributed by atoms with van der Waals surface area (Å²) in [5.74, 6) is -1.70. The lowest BCUT2D eigenvalue weighted by atomic mass is 10.0. The Labute approximate surface area is 161 Å². The van der Waals surface area contributed by atoms with Gasteiger partial charge in [0.2, 0.25) is 5.91 Å². The number of benzene rings is 2. The lowest BCUT2D eigenvalue weighted by molar-refractivity contribution is -0.119. The molecule has 2 aromatic carbocycles. The number of nitrogens with two attached hydrogens (primary N) is 1. The van der Waals surface area contributed by atoms with Crippen LogP contribution in [0.15, 0.2) is 36.4 Å². The minimum absolute atomic E-state index is 0.165. The molecule has 0 bridgehead atoms. The Morgan fingerprint density at radius 1 is 1.15 bits per heavy atom. The van der Waals surface area contributed by atoms with Crippen LogP contribution in [0.1, 0.15) is 24.2 Å². The van der Waals surface area contributed by atoms with Crippen LogP contribution in [0.4, 0.5) is 15.8 Å². The van der Waals surface area contributed by atoms with Crippen molar-refractivity contribution in [3.63, 3.8) is 0 Å². The molecular formula is C19H21ClFN3O3. The van der Waals surface area contributed by atoms with Gasteiger partial charge in [-0.05, 0) is 43.3 Å². The lowest BCUT2D eigenvalue weighted by Crippen LogP contribution is -2.34. The maximum Gasteiger partial charge on any atom is 0.258 e. The van der Waals surface area contributed by atoms with Crippen molar-refractivity contribution in [1.82, 2.24) is 0 Å². The summed E-state index contributed by atoms with van der Waals surface area (Å²) < 4.78 is 19.2. The molecule has 0 aromatic heterocycles. The molecule has 2 aromatic rings. The Morgan fingerprint density at radius 2 is 1.85 bits per heavy atom. The minimum Gasteiger partial charge on any atom is -0.495 e. The summed E-state index contributed by atoms with van der Waals surface area (Å²) in [7, 11) is 1.43. The number of hydrogen-bond acceptors (Lipinski definition) is 4. The molecule has 27 heavy (non-hydrogen) atoms. The van der Waals surface area contributed by atoms with Crippen molar-refractivity contribution in [3.05, 3.63) is 52.8 Å². The number of nitrogens with one attached hydrogen (secondary N) is 2. The van der Waals surface area contributed by atoms with Gasteiger partial charge in [0.15, 0.2) is 0 Å². The molecule has 2 unspecified atom stereocenters. The second kappa shape index (κ2) is 8.83. The van der Waals surface area contributed by atoms with E-state index in [0.29, 0.717) is 11.4 Å². The fraction of sp³-hybridized carbons (Fsp3) is 0.263. The molecule has 0 radical (unpaired) electrons. The molecule has 0 aliphatic carbocycles. The van der Waals surface area contributed by atoms with Crippen molar-refractivity contribution >= 4 is 34.8 Å². The Morgan fingerprint density at radius 3 is 2.44 bits per heavy atom. The molecule has 4 N–H and O–H groups in total. The summed E-state index contributed by atoms with van der Waals surface area (Å²) in [5.41, 5.74) is 6.30. The summed E-state index contributed by atoms with van der Waals surface area (Å²) in [4.78, 5) is 24.6. The minimum atomic E-state index is -0.741. The highest BCUT2D eigenvalue weighted by Crippen LogP contribution is 2.29. The summed E-state index contributed by atoms with van der Waals surface area (Å²) in [6.45, 7) is 3.46. The first-order valence-corrected chi connectivity index (χ1v) is 8.61. The second-order valence-electron chi connectivity index (χ2n) is 6.13. The molecule has 2 rings (SSSR count). The third-order valence-corrected chi connectivity index (χ3v) is 4.33. The highest BCUT2D eigenvalue weighted by Gasteiger charge is 2.19. The first kappa shape index (κ1) is 20.7. The number of amides is 2. The SMILES string of the molecule is COc1ccc(NC(=O)C(C)C(C)N)cc1NC(=O)c1ccc(Cl)cc1F. The van der Waals surface area contributed by atoms with Crippen molar-refractivity contribution in [2.75, 3.05) is 17.7 Å². The van der Waals surface area contributed by atoms with Crippen LogP contribution in [-0.4, -0.2) is 25.0 Å². The van der Waals surface area contributed by atoms with Crippen molar-refractivity contribution in [2.24, 2.45) is 11.7 Å². The third-order valence-electron chi connectivity index (χ3n) is 4.09. The molecule has 2 atom stereocenters. The van der Waals surface area contributed by atoms with E-state index in [4.69, 9.17) is 22.1 Å². The third kappa shape index (κ3) is 5.18. The number of rotatable bonds is 6. The summed E-state index contributed by atoms with van der Waals surface area (Å²) in [5, 5.41) is 5.50. The Bertz CT molecular complexity index is 858. The standard InChI is InChI=1S/C19H21ClFN3O3/c1-10(11(2)22)18(25)23-13-5-7-17(27-3)16(9-13)24-19(26)14-6-4-12(20)8-15(14)21/h4-11H,22H2,1-3H3,(H,23,25)(H,24,26). The predicted molar refractivity (Wildman–Crippen MR) is 104 cm³/mol. The van der Waals surface area contributed by atoms with Crippen LogP contribution in [0.5, 0.6) is 5.75 Å². The number of carbonyl (C=O) groups is 2. The summed E-state index contributed by atoms with van der Waals surface area (Å²) in [6, 6.07) is 8.19. The van der Waals surface area contributed by atoms with Gasteiger partial charge in [-0.3, -0.25) is 9.59 Å². The number of methoxy groups -OCH3 is 1. The lowest BCUT2D eigenvalue weighted by Gasteiger charge is -2.17. The van der Waals surface area contributed by atoms with Crippen LogP contribution < -0.4 is 21.1 Å². The quantitative estimate of drug-likeness (QED) is 0.698. The van der Waals surface area contributed by atoms with Gasteiger partial charge in [-0.1, -0.05) is 18.5 Å². The van der Waals surface area contributed by atoms with Crippen LogP contribution in [0.2, 0.25) is 5.02 Å². The highest BCUT2D eigenvalue weighted by atomic mass is 35.5. The van der Waals surface area contributed by atoms with Gasteiger partial charge in [0.25, 0.3) is 5.91 Å². The fourth-order valence-corrected chi connectivity index (χ4v) is 2.40. The van der Waals surface area contributed by atoms with E-state index in [1.807, 2.05) is 0 Å². The van der Waals surface area contributed by atoms with Crippen molar-refractivity contribution in [2.45, 2.75) is 19.9 Å². The molecule has 0 aliphatic rings. The maximum absolute atomic E-state index is 14.0. The van der Waals surface area contributed by atoms with Gasteiger partial charge in [-0.15, -0.1) is 0 Å².